The van der Waals surface area contributed by atoms with Gasteiger partial charge in [-0.15, -0.1) is 0 Å². The Bertz CT molecular complexity index is 1180. The largest absolute Gasteiger partial charge is 0.444 e. The maximum absolute atomic E-state index is 13.3. The summed E-state index contributed by atoms with van der Waals surface area (Å²) in [4.78, 5) is 15.1. The van der Waals surface area contributed by atoms with Crippen molar-refractivity contribution < 1.29 is 19.1 Å². The summed E-state index contributed by atoms with van der Waals surface area (Å²) >= 11 is 0. The van der Waals surface area contributed by atoms with Crippen LogP contribution in [-0.2, 0) is 9.16 Å². The van der Waals surface area contributed by atoms with Gasteiger partial charge in [-0.25, -0.2) is 4.79 Å². The van der Waals surface area contributed by atoms with Gasteiger partial charge < -0.3 is 19.2 Å². The van der Waals surface area contributed by atoms with Crippen LogP contribution in [0.2, 0.25) is 5.04 Å². The van der Waals surface area contributed by atoms with Gasteiger partial charge in [-0.1, -0.05) is 112 Å². The number of piperidine rings is 1. The molecule has 1 aliphatic rings. The lowest BCUT2D eigenvalue weighted by Gasteiger charge is -2.48. The third kappa shape index (κ3) is 6.85. The van der Waals surface area contributed by atoms with E-state index in [9.17, 15) is 9.90 Å². The normalized spacial score (nSPS) is 19.2. The van der Waals surface area contributed by atoms with Gasteiger partial charge in [0.2, 0.25) is 0 Å². The van der Waals surface area contributed by atoms with E-state index < -0.39 is 20.0 Å². The summed E-state index contributed by atoms with van der Waals surface area (Å²) in [5.74, 6) is 0. The van der Waals surface area contributed by atoms with Crippen LogP contribution in [0.4, 0.5) is 4.79 Å². The van der Waals surface area contributed by atoms with Gasteiger partial charge in [0.05, 0.1) is 6.10 Å². The van der Waals surface area contributed by atoms with E-state index >= 15 is 0 Å². The molecule has 40 heavy (non-hydrogen) atoms. The van der Waals surface area contributed by atoms with Crippen LogP contribution in [0.1, 0.15) is 72.5 Å². The molecular weight excluding hydrogens is 514 g/mol. The van der Waals surface area contributed by atoms with Crippen LogP contribution in [0, 0.1) is 0 Å². The molecule has 0 spiro atoms. The molecule has 1 N–H and O–H groups in total. The lowest BCUT2D eigenvalue weighted by molar-refractivity contribution is -0.0148. The smallest absolute Gasteiger partial charge is 0.410 e. The first-order chi connectivity index (χ1) is 18.9. The number of aliphatic hydroxyl groups is 1. The molecule has 1 heterocycles. The van der Waals surface area contributed by atoms with E-state index in [2.05, 4.69) is 81.4 Å². The minimum Gasteiger partial charge on any atom is -0.444 e. The molecule has 4 rings (SSSR count). The Hall–Kier alpha value is -2.93. The lowest BCUT2D eigenvalue weighted by atomic mass is 9.93. The van der Waals surface area contributed by atoms with Crippen molar-refractivity contribution in [1.29, 1.82) is 0 Å². The van der Waals surface area contributed by atoms with Crippen molar-refractivity contribution in [2.45, 2.75) is 89.7 Å². The maximum atomic E-state index is 13.3. The highest BCUT2D eigenvalue weighted by Crippen LogP contribution is 2.40. The van der Waals surface area contributed by atoms with E-state index in [0.29, 0.717) is 25.8 Å². The van der Waals surface area contributed by atoms with Gasteiger partial charge in [0.25, 0.3) is 8.32 Å². The molecule has 3 aromatic carbocycles. The molecule has 6 heteroatoms. The number of carbonyl (C=O) groups is 1. The second-order valence-corrected chi connectivity index (χ2v) is 17.2. The fourth-order valence-corrected chi connectivity index (χ4v) is 10.6. The van der Waals surface area contributed by atoms with E-state index in [1.165, 1.54) is 10.4 Å². The number of hydrogen-bond donors (Lipinski definition) is 1. The summed E-state index contributed by atoms with van der Waals surface area (Å²) in [7, 11) is -2.75. The Labute approximate surface area is 241 Å². The highest BCUT2D eigenvalue weighted by atomic mass is 28.4. The molecule has 0 saturated carbocycles. The van der Waals surface area contributed by atoms with Crippen molar-refractivity contribution in [2.24, 2.45) is 0 Å². The highest BCUT2D eigenvalue weighted by Gasteiger charge is 2.52. The van der Waals surface area contributed by atoms with Crippen LogP contribution in [0.5, 0.6) is 0 Å². The lowest BCUT2D eigenvalue weighted by Crippen LogP contribution is -2.68. The summed E-state index contributed by atoms with van der Waals surface area (Å²) < 4.78 is 13.2. The molecule has 0 aromatic heterocycles. The summed E-state index contributed by atoms with van der Waals surface area (Å²) in [5.41, 5.74) is 0.253. The minimum atomic E-state index is -2.75. The molecule has 0 radical (unpaired) electrons. The molecule has 214 valence electrons. The molecule has 0 aliphatic carbocycles. The van der Waals surface area contributed by atoms with Crippen molar-refractivity contribution >= 4 is 24.8 Å². The van der Waals surface area contributed by atoms with Crippen molar-refractivity contribution in [3.63, 3.8) is 0 Å². The Morgan fingerprint density at radius 3 is 1.85 bits per heavy atom. The monoisotopic (exact) mass is 559 g/mol. The number of likely N-dealkylation sites (tertiary alicyclic amines) is 1. The van der Waals surface area contributed by atoms with Crippen molar-refractivity contribution in [1.82, 2.24) is 4.90 Å². The number of amides is 1. The number of nitrogens with zero attached hydrogens (tertiary/aromatic N) is 1. The average Bonchev–Trinajstić information content (AvgIpc) is 2.91. The number of carbonyl (C=O) groups excluding carboxylic acids is 1. The van der Waals surface area contributed by atoms with Crippen LogP contribution in [0.15, 0.2) is 91.0 Å². The van der Waals surface area contributed by atoms with Crippen molar-refractivity contribution in [3.05, 3.63) is 96.6 Å². The predicted octanol–water partition coefficient (Wildman–Crippen LogP) is 6.45. The number of rotatable bonds is 7. The van der Waals surface area contributed by atoms with Crippen LogP contribution in [-0.4, -0.2) is 48.7 Å². The highest BCUT2D eigenvalue weighted by molar-refractivity contribution is 6.99. The van der Waals surface area contributed by atoms with Crippen LogP contribution in [0.3, 0.4) is 0 Å². The molecule has 3 atom stereocenters. The molecule has 1 saturated heterocycles. The van der Waals surface area contributed by atoms with E-state index in [1.54, 1.807) is 0 Å². The fourth-order valence-electron chi connectivity index (χ4n) is 5.92. The Kier molecular flexibility index (Phi) is 9.23. The second kappa shape index (κ2) is 12.3. The third-order valence-electron chi connectivity index (χ3n) is 7.74. The van der Waals surface area contributed by atoms with Crippen molar-refractivity contribution in [3.8, 4) is 0 Å². The number of benzene rings is 3. The average molecular weight is 560 g/mol. The Morgan fingerprint density at radius 1 is 0.875 bits per heavy atom. The van der Waals surface area contributed by atoms with Gasteiger partial charge in [-0.2, -0.15) is 0 Å². The Balaban J connectivity index is 1.69. The summed E-state index contributed by atoms with van der Waals surface area (Å²) in [6.45, 7) is 13.0. The minimum absolute atomic E-state index is 0.0713. The van der Waals surface area contributed by atoms with Gasteiger partial charge in [-0.05, 0) is 61.0 Å². The molecule has 1 fully saturated rings. The van der Waals surface area contributed by atoms with Gasteiger partial charge in [0, 0.05) is 18.7 Å². The van der Waals surface area contributed by atoms with Gasteiger partial charge in [-0.3, -0.25) is 0 Å². The SMILES string of the molecule is CC(C)(C)OC(=O)N1CC[C@H](O[Si](c2ccccc2)(c2ccccc2)C(C)(C)C)C[C@@H]1C[C@H](O)c1ccccc1. The first-order valence-corrected chi connectivity index (χ1v) is 16.3. The molecule has 1 aliphatic heterocycles. The zero-order valence-electron chi connectivity index (χ0n) is 24.8. The third-order valence-corrected chi connectivity index (χ3v) is 12.8. The summed E-state index contributed by atoms with van der Waals surface area (Å²) in [6, 6.07) is 30.8. The van der Waals surface area contributed by atoms with E-state index in [0.717, 1.165) is 5.56 Å². The fraction of sp³-hybridized carbons (Fsp3) is 0.441. The maximum Gasteiger partial charge on any atom is 0.410 e. The zero-order chi connectivity index (χ0) is 29.0. The number of hydrogen-bond acceptors (Lipinski definition) is 4. The first kappa shape index (κ1) is 30.0. The molecule has 3 aromatic rings. The first-order valence-electron chi connectivity index (χ1n) is 14.4. The summed E-state index contributed by atoms with van der Waals surface area (Å²) in [5, 5.41) is 13.5. The summed E-state index contributed by atoms with van der Waals surface area (Å²) in [6.07, 6.45) is 0.668. The predicted molar refractivity (Wildman–Crippen MR) is 164 cm³/mol. The molecule has 0 bridgehead atoms. The van der Waals surface area contributed by atoms with E-state index in [1.807, 2.05) is 56.0 Å². The zero-order valence-corrected chi connectivity index (χ0v) is 25.8. The van der Waals surface area contributed by atoms with Crippen molar-refractivity contribution in [2.75, 3.05) is 6.54 Å². The van der Waals surface area contributed by atoms with Crippen LogP contribution >= 0.6 is 0 Å². The van der Waals surface area contributed by atoms with Crippen LogP contribution in [0.25, 0.3) is 0 Å². The molecule has 5 nitrogen and oxygen atoms in total. The van der Waals surface area contributed by atoms with Gasteiger partial charge >= 0.3 is 6.09 Å². The topological polar surface area (TPSA) is 59.0 Å². The van der Waals surface area contributed by atoms with E-state index in [-0.39, 0.29) is 23.3 Å². The molecule has 1 amide bonds. The standard InChI is InChI=1S/C34H45NO4Si/c1-33(2,3)38-32(37)35-23-22-28(24-27(35)25-31(36)26-16-10-7-11-17-26)39-40(34(4,5)6,29-18-12-8-13-19-29)30-20-14-9-15-21-30/h7-21,27-28,31,36H,22-25H2,1-6H3/t27-,28+,31+/m1/s1. The number of ether oxygens (including phenoxy) is 1. The van der Waals surface area contributed by atoms with Crippen LogP contribution < -0.4 is 10.4 Å². The number of aliphatic hydroxyl groups excluding tert-OH is 1. The quantitative estimate of drug-likeness (QED) is 0.338. The van der Waals surface area contributed by atoms with E-state index in [4.69, 9.17) is 9.16 Å². The Morgan fingerprint density at radius 2 is 1.38 bits per heavy atom. The van der Waals surface area contributed by atoms with Gasteiger partial charge in [0.15, 0.2) is 0 Å². The second-order valence-electron chi connectivity index (χ2n) is 12.9. The molecule has 0 unspecified atom stereocenters. The van der Waals surface area contributed by atoms with Gasteiger partial charge in [0.1, 0.15) is 5.60 Å². The molecular formula is C34H45NO4Si.